The molecule has 0 radical (unpaired) electrons. The summed E-state index contributed by atoms with van der Waals surface area (Å²) in [6.45, 7) is 11.3. The van der Waals surface area contributed by atoms with E-state index in [-0.39, 0.29) is 42.2 Å². The first-order valence-electron chi connectivity index (χ1n) is 12.9. The summed E-state index contributed by atoms with van der Waals surface area (Å²) in [4.78, 5) is 13.8. The Kier molecular flexibility index (Phi) is 9.62. The maximum Gasteiger partial charge on any atom is 0.281 e. The zero-order valence-corrected chi connectivity index (χ0v) is 22.4. The zero-order chi connectivity index (χ0) is 26.6. The van der Waals surface area contributed by atoms with Crippen LogP contribution in [0.5, 0.6) is 0 Å². The van der Waals surface area contributed by atoms with Crippen molar-refractivity contribution in [1.29, 1.82) is 0 Å². The van der Waals surface area contributed by atoms with E-state index in [9.17, 15) is 13.6 Å². The number of alkyl halides is 2. The molecule has 2 aliphatic rings. The molecule has 3 rings (SSSR count). The summed E-state index contributed by atoms with van der Waals surface area (Å²) in [7, 11) is 0. The molecule has 3 atom stereocenters. The second-order valence-electron chi connectivity index (χ2n) is 9.99. The van der Waals surface area contributed by atoms with Gasteiger partial charge in [0.25, 0.3) is 6.43 Å². The molecule has 1 aromatic carbocycles. The van der Waals surface area contributed by atoms with Gasteiger partial charge in [0.1, 0.15) is 11.6 Å². The molecule has 3 unspecified atom stereocenters. The van der Waals surface area contributed by atoms with Crippen LogP contribution in [0.3, 0.4) is 0 Å². The van der Waals surface area contributed by atoms with Gasteiger partial charge in [-0.2, -0.15) is 0 Å². The Morgan fingerprint density at radius 3 is 2.58 bits per heavy atom. The Morgan fingerprint density at radius 2 is 1.97 bits per heavy atom. The third-order valence-electron chi connectivity index (χ3n) is 8.01. The number of carbonyl (C=O) groups excluding carboxylic acids is 1. The lowest BCUT2D eigenvalue weighted by atomic mass is 9.73. The molecular formula is C28H39ClF2N4O. The number of hydrogen-bond acceptors (Lipinski definition) is 5. The molecule has 0 aromatic heterocycles. The van der Waals surface area contributed by atoms with E-state index in [0.29, 0.717) is 6.42 Å². The molecule has 1 aliphatic heterocycles. The van der Waals surface area contributed by atoms with E-state index in [0.717, 1.165) is 76.6 Å². The molecule has 1 aromatic rings. The lowest BCUT2D eigenvalue weighted by Crippen LogP contribution is -2.39. The Bertz CT molecular complexity index is 1050. The molecule has 1 saturated carbocycles. The fourth-order valence-electron chi connectivity index (χ4n) is 6.01. The summed E-state index contributed by atoms with van der Waals surface area (Å²) < 4.78 is 27.2. The van der Waals surface area contributed by atoms with Crippen LogP contribution < -0.4 is 11.6 Å². The normalized spacial score (nSPS) is 22.6. The quantitative estimate of drug-likeness (QED) is 0.240. The Balaban J connectivity index is 1.90. The van der Waals surface area contributed by atoms with E-state index in [4.69, 9.17) is 23.2 Å². The minimum absolute atomic E-state index is 0.0134. The van der Waals surface area contributed by atoms with Crippen molar-refractivity contribution in [2.24, 2.45) is 23.4 Å². The highest BCUT2D eigenvalue weighted by atomic mass is 35.5. The summed E-state index contributed by atoms with van der Waals surface area (Å²) in [6.07, 6.45) is 3.02. The summed E-state index contributed by atoms with van der Waals surface area (Å²) in [6, 6.07) is 3.87. The van der Waals surface area contributed by atoms with Crippen LogP contribution in [0.4, 0.5) is 8.78 Å². The van der Waals surface area contributed by atoms with Gasteiger partial charge in [-0.3, -0.25) is 0 Å². The molecule has 5 nitrogen and oxygen atoms in total. The van der Waals surface area contributed by atoms with E-state index in [1.54, 1.807) is 6.92 Å². The van der Waals surface area contributed by atoms with Crippen LogP contribution in [0.2, 0.25) is 5.02 Å². The first kappa shape index (κ1) is 28.2. The Morgan fingerprint density at radius 1 is 1.31 bits per heavy atom. The standard InChI is InChI=1S/C28H39ClF2N4O/c1-5-35(33)27(28(30)31)25(32)13-11-20-10-12-24(29)23-14-15-34(19(4)26(20)23)18(3)22-9-7-6-8-21(22)17(2)16-36/h10,12,19,21-22,28H,3,5-9,11,13-15,32-33H2,1-2,4H3/b27-25-. The van der Waals surface area contributed by atoms with E-state index in [1.807, 2.05) is 19.1 Å². The van der Waals surface area contributed by atoms with Crippen molar-refractivity contribution >= 4 is 17.5 Å². The zero-order valence-electron chi connectivity index (χ0n) is 21.6. The molecule has 1 fully saturated rings. The second-order valence-corrected chi connectivity index (χ2v) is 10.4. The SMILES string of the molecule is C=C(C1CCCCC1C(C)=C=O)N1CCc2c(Cl)ccc(CC/C(N)=C(\C(F)F)N(N)CC)c2C1C. The number of nitrogens with two attached hydrogens (primary N) is 2. The molecule has 0 saturated heterocycles. The number of hydrogen-bond donors (Lipinski definition) is 2. The van der Waals surface area contributed by atoms with Gasteiger partial charge in [-0.25, -0.2) is 19.4 Å². The van der Waals surface area contributed by atoms with Gasteiger partial charge in [-0.15, -0.1) is 0 Å². The minimum Gasteiger partial charge on any atom is -0.400 e. The predicted octanol–water partition coefficient (Wildman–Crippen LogP) is 5.92. The van der Waals surface area contributed by atoms with Crippen molar-refractivity contribution in [3.63, 3.8) is 0 Å². The first-order chi connectivity index (χ1) is 17.1. The maximum atomic E-state index is 13.6. The number of allylic oxidation sites excluding steroid dienone is 4. The molecule has 198 valence electrons. The summed E-state index contributed by atoms with van der Waals surface area (Å²) in [5, 5.41) is 1.74. The number of nitrogens with zero attached hydrogens (tertiary/aromatic N) is 2. The molecule has 36 heavy (non-hydrogen) atoms. The van der Waals surface area contributed by atoms with Crippen LogP contribution in [0.15, 0.2) is 41.4 Å². The largest absolute Gasteiger partial charge is 0.400 e. The van der Waals surface area contributed by atoms with E-state index in [2.05, 4.69) is 24.3 Å². The molecule has 1 aliphatic carbocycles. The molecule has 8 heteroatoms. The third-order valence-corrected chi connectivity index (χ3v) is 8.36. The Labute approximate surface area is 218 Å². The number of halogens is 3. The van der Waals surface area contributed by atoms with Crippen LogP contribution in [-0.2, 0) is 17.6 Å². The predicted molar refractivity (Wildman–Crippen MR) is 142 cm³/mol. The second kappa shape index (κ2) is 12.3. The van der Waals surface area contributed by atoms with E-state index < -0.39 is 6.43 Å². The topological polar surface area (TPSA) is 75.6 Å². The van der Waals surface area contributed by atoms with E-state index in [1.165, 1.54) is 0 Å². The van der Waals surface area contributed by atoms with Crippen LogP contribution in [0.1, 0.15) is 75.6 Å². The van der Waals surface area contributed by atoms with Gasteiger partial charge in [0.2, 0.25) is 0 Å². The number of fused-ring (bicyclic) bond motifs is 1. The van der Waals surface area contributed by atoms with Gasteiger partial charge in [0.05, 0.1) is 6.04 Å². The highest BCUT2D eigenvalue weighted by molar-refractivity contribution is 6.31. The maximum absolute atomic E-state index is 13.6. The van der Waals surface area contributed by atoms with Crippen molar-refractivity contribution < 1.29 is 13.6 Å². The van der Waals surface area contributed by atoms with Crippen molar-refractivity contribution in [3.05, 3.63) is 63.1 Å². The summed E-state index contributed by atoms with van der Waals surface area (Å²) in [5.41, 5.74) is 11.0. The fourth-order valence-corrected chi connectivity index (χ4v) is 6.27. The van der Waals surface area contributed by atoms with Gasteiger partial charge in [-0.1, -0.05) is 37.1 Å². The first-order valence-corrected chi connectivity index (χ1v) is 13.3. The molecular weight excluding hydrogens is 482 g/mol. The lowest BCUT2D eigenvalue weighted by Gasteiger charge is -2.44. The average molecular weight is 521 g/mol. The average Bonchev–Trinajstić information content (AvgIpc) is 2.87. The van der Waals surface area contributed by atoms with Gasteiger partial charge < -0.3 is 15.6 Å². The molecule has 0 amide bonds. The van der Waals surface area contributed by atoms with Crippen LogP contribution in [0, 0.1) is 11.8 Å². The lowest BCUT2D eigenvalue weighted by molar-refractivity contribution is 0.138. The van der Waals surface area contributed by atoms with Crippen molar-refractivity contribution in [3.8, 4) is 0 Å². The highest BCUT2D eigenvalue weighted by Gasteiger charge is 2.35. The van der Waals surface area contributed by atoms with Crippen molar-refractivity contribution in [1.82, 2.24) is 9.91 Å². The molecule has 0 bridgehead atoms. The third kappa shape index (κ3) is 5.80. The van der Waals surface area contributed by atoms with Crippen LogP contribution in [-0.4, -0.2) is 35.4 Å². The summed E-state index contributed by atoms with van der Waals surface area (Å²) >= 11 is 6.61. The van der Waals surface area contributed by atoms with Gasteiger partial charge in [0, 0.05) is 41.0 Å². The minimum atomic E-state index is -2.74. The van der Waals surface area contributed by atoms with Gasteiger partial charge in [-0.05, 0) is 81.5 Å². The molecule has 0 spiro atoms. The van der Waals surface area contributed by atoms with Gasteiger partial charge >= 0.3 is 0 Å². The smallest absolute Gasteiger partial charge is 0.281 e. The Hall–Kier alpha value is -2.34. The number of rotatable bonds is 9. The van der Waals surface area contributed by atoms with E-state index >= 15 is 0 Å². The highest BCUT2D eigenvalue weighted by Crippen LogP contribution is 2.44. The number of benzene rings is 1. The van der Waals surface area contributed by atoms with Crippen molar-refractivity contribution in [2.45, 2.75) is 78.2 Å². The van der Waals surface area contributed by atoms with Crippen LogP contribution in [0.25, 0.3) is 0 Å². The summed E-state index contributed by atoms with van der Waals surface area (Å²) in [5.74, 6) is 8.28. The molecule has 1 heterocycles. The fraction of sp³-hybridized carbons (Fsp3) is 0.571. The van der Waals surface area contributed by atoms with Crippen LogP contribution >= 0.6 is 11.6 Å². The van der Waals surface area contributed by atoms with Crippen molar-refractivity contribution in [2.75, 3.05) is 13.1 Å². The molecule has 4 N–H and O–H groups in total. The number of hydrazine groups is 1. The van der Waals surface area contributed by atoms with Gasteiger partial charge in [0.15, 0.2) is 0 Å². The monoisotopic (exact) mass is 520 g/mol. The number of aryl methyl sites for hydroxylation is 1.